The maximum absolute atomic E-state index is 12.8. The summed E-state index contributed by atoms with van der Waals surface area (Å²) >= 11 is 0. The van der Waals surface area contributed by atoms with Gasteiger partial charge >= 0.3 is 0 Å². The zero-order valence-corrected chi connectivity index (χ0v) is 17.4. The second-order valence-corrected chi connectivity index (χ2v) is 9.26. The largest absolute Gasteiger partial charge is 0.387 e. The molecule has 1 saturated heterocycles. The summed E-state index contributed by atoms with van der Waals surface area (Å²) < 4.78 is 35.2. The average molecular weight is 456 g/mol. The van der Waals surface area contributed by atoms with E-state index in [1.54, 1.807) is 12.1 Å². The number of sulfonamides is 1. The number of hydrogen-bond donors (Lipinski definition) is 4. The van der Waals surface area contributed by atoms with Gasteiger partial charge in [-0.25, -0.2) is 28.1 Å². The van der Waals surface area contributed by atoms with E-state index in [0.29, 0.717) is 11.2 Å². The highest BCUT2D eigenvalue weighted by Gasteiger charge is 2.44. The summed E-state index contributed by atoms with van der Waals surface area (Å²) in [7, 11) is -3.87. The van der Waals surface area contributed by atoms with Crippen LogP contribution < -0.4 is 10.5 Å². The number of fused-ring (bicyclic) bond motifs is 2. The first-order valence-corrected chi connectivity index (χ1v) is 11.3. The molecule has 11 nitrogen and oxygen atoms in total. The minimum absolute atomic E-state index is 0.0913. The normalized spacial score (nSPS) is 23.8. The number of nitrogens with two attached hydrogens (primary N) is 1. The molecule has 5 N–H and O–H groups in total. The molecule has 2 aromatic heterocycles. The van der Waals surface area contributed by atoms with Gasteiger partial charge in [0, 0.05) is 6.54 Å². The van der Waals surface area contributed by atoms with E-state index in [4.69, 9.17) is 10.5 Å². The average Bonchev–Trinajstić information content (AvgIpc) is 3.34. The Labute approximate surface area is 182 Å². The van der Waals surface area contributed by atoms with E-state index in [1.165, 1.54) is 23.3 Å². The molecule has 1 aliphatic rings. The number of benzene rings is 2. The molecule has 0 radical (unpaired) electrons. The molecule has 4 atom stereocenters. The number of anilines is 1. The summed E-state index contributed by atoms with van der Waals surface area (Å²) in [5.41, 5.74) is 6.44. The van der Waals surface area contributed by atoms with Gasteiger partial charge in [-0.2, -0.15) is 0 Å². The van der Waals surface area contributed by atoms with E-state index >= 15 is 0 Å². The number of ether oxygens (including phenoxy) is 1. The first-order valence-electron chi connectivity index (χ1n) is 9.78. The second kappa shape index (κ2) is 7.76. The monoisotopic (exact) mass is 456 g/mol. The third kappa shape index (κ3) is 3.47. The van der Waals surface area contributed by atoms with Crippen LogP contribution in [0.5, 0.6) is 0 Å². The minimum atomic E-state index is -3.87. The van der Waals surface area contributed by atoms with Crippen molar-refractivity contribution in [2.45, 2.75) is 29.4 Å². The molecule has 0 bridgehead atoms. The molecular weight excluding hydrogens is 436 g/mol. The van der Waals surface area contributed by atoms with Crippen molar-refractivity contribution in [3.63, 3.8) is 0 Å². The van der Waals surface area contributed by atoms with Crippen LogP contribution in [0.4, 0.5) is 5.82 Å². The fourth-order valence-electron chi connectivity index (χ4n) is 3.79. The number of hydrogen-bond acceptors (Lipinski definition) is 9. The van der Waals surface area contributed by atoms with Gasteiger partial charge in [0.1, 0.15) is 30.2 Å². The molecular formula is C20H20N6O5S. The molecule has 0 unspecified atom stereocenters. The van der Waals surface area contributed by atoms with E-state index in [-0.39, 0.29) is 17.3 Å². The molecule has 0 saturated carbocycles. The molecule has 0 spiro atoms. The van der Waals surface area contributed by atoms with Crippen LogP contribution in [0, 0.1) is 0 Å². The number of aromatic nitrogens is 4. The Hall–Kier alpha value is -3.16. The van der Waals surface area contributed by atoms with Crippen molar-refractivity contribution in [2.24, 2.45) is 0 Å². The maximum Gasteiger partial charge on any atom is 0.240 e. The fourth-order valence-corrected chi connectivity index (χ4v) is 4.87. The van der Waals surface area contributed by atoms with Crippen LogP contribution in [0.15, 0.2) is 60.0 Å². The molecule has 166 valence electrons. The Morgan fingerprint density at radius 2 is 1.84 bits per heavy atom. The molecule has 0 aliphatic carbocycles. The summed E-state index contributed by atoms with van der Waals surface area (Å²) in [6.07, 6.45) is -2.07. The van der Waals surface area contributed by atoms with Crippen molar-refractivity contribution in [1.82, 2.24) is 24.2 Å². The molecule has 1 fully saturated rings. The third-order valence-electron chi connectivity index (χ3n) is 5.50. The quantitative estimate of drug-likeness (QED) is 0.327. The highest BCUT2D eigenvalue weighted by molar-refractivity contribution is 7.89. The summed E-state index contributed by atoms with van der Waals surface area (Å²) in [6, 6.07) is 12.2. The van der Waals surface area contributed by atoms with Gasteiger partial charge in [0.05, 0.1) is 11.2 Å². The van der Waals surface area contributed by atoms with Crippen molar-refractivity contribution in [3.05, 3.63) is 55.1 Å². The smallest absolute Gasteiger partial charge is 0.240 e. The number of rotatable bonds is 5. The Morgan fingerprint density at radius 3 is 2.66 bits per heavy atom. The minimum Gasteiger partial charge on any atom is -0.387 e. The molecule has 5 rings (SSSR count). The summed E-state index contributed by atoms with van der Waals surface area (Å²) in [4.78, 5) is 12.2. The van der Waals surface area contributed by atoms with Crippen LogP contribution in [0.1, 0.15) is 6.23 Å². The second-order valence-electron chi connectivity index (χ2n) is 7.49. The van der Waals surface area contributed by atoms with Crippen molar-refractivity contribution < 1.29 is 23.4 Å². The van der Waals surface area contributed by atoms with Gasteiger partial charge in [-0.3, -0.25) is 4.57 Å². The lowest BCUT2D eigenvalue weighted by atomic mass is 10.1. The lowest BCUT2D eigenvalue weighted by molar-refractivity contribution is -0.0330. The maximum atomic E-state index is 12.8. The third-order valence-corrected chi connectivity index (χ3v) is 6.93. The van der Waals surface area contributed by atoms with Gasteiger partial charge < -0.3 is 20.7 Å². The van der Waals surface area contributed by atoms with Crippen LogP contribution in [-0.2, 0) is 14.8 Å². The van der Waals surface area contributed by atoms with Crippen molar-refractivity contribution in [2.75, 3.05) is 12.3 Å². The molecule has 1 aliphatic heterocycles. The number of aliphatic hydroxyl groups is 2. The van der Waals surface area contributed by atoms with Crippen LogP contribution in [-0.4, -0.2) is 63.0 Å². The molecule has 3 heterocycles. The fraction of sp³-hybridized carbons (Fsp3) is 0.250. The van der Waals surface area contributed by atoms with Gasteiger partial charge in [0.2, 0.25) is 10.0 Å². The molecule has 2 aromatic carbocycles. The van der Waals surface area contributed by atoms with E-state index in [1.807, 2.05) is 24.3 Å². The van der Waals surface area contributed by atoms with Crippen molar-refractivity contribution in [1.29, 1.82) is 0 Å². The number of nitrogens with zero attached hydrogens (tertiary/aromatic N) is 4. The SMILES string of the molecule is Nc1ncnc2c1ncn2[C@@H]1O[C@H](CNS(=O)(=O)c2ccc3ccccc3c2)[C@@H](O)[C@H]1O. The number of imidazole rings is 1. The Kier molecular flexibility index (Phi) is 5.03. The summed E-state index contributed by atoms with van der Waals surface area (Å²) in [5, 5.41) is 22.7. The molecule has 4 aromatic rings. The van der Waals surface area contributed by atoms with Gasteiger partial charge in [0.25, 0.3) is 0 Å². The molecule has 0 amide bonds. The van der Waals surface area contributed by atoms with Crippen LogP contribution in [0.3, 0.4) is 0 Å². The number of aliphatic hydroxyl groups excluding tert-OH is 2. The lowest BCUT2D eigenvalue weighted by Gasteiger charge is -2.16. The van der Waals surface area contributed by atoms with E-state index < -0.39 is 34.6 Å². The zero-order chi connectivity index (χ0) is 22.5. The van der Waals surface area contributed by atoms with Crippen molar-refractivity contribution >= 4 is 37.8 Å². The molecule has 12 heteroatoms. The zero-order valence-electron chi connectivity index (χ0n) is 16.6. The standard InChI is InChI=1S/C20H20N6O5S/c21-18-15-19(23-9-22-18)26(10-24-15)20-17(28)16(27)14(31-20)8-25-32(29,30)13-6-5-11-3-1-2-4-12(11)7-13/h1-7,9-10,14,16-17,20,25,27-28H,8H2,(H2,21,22,23)/t14-,16-,17-,20-/m1/s1. The number of nitrogen functional groups attached to an aromatic ring is 1. The predicted molar refractivity (Wildman–Crippen MR) is 115 cm³/mol. The van der Waals surface area contributed by atoms with Crippen LogP contribution >= 0.6 is 0 Å². The first kappa shape index (κ1) is 20.7. The summed E-state index contributed by atoms with van der Waals surface area (Å²) in [5.74, 6) is 0.168. The highest BCUT2D eigenvalue weighted by Crippen LogP contribution is 2.32. The summed E-state index contributed by atoms with van der Waals surface area (Å²) in [6.45, 7) is -0.242. The predicted octanol–water partition coefficient (Wildman–Crippen LogP) is 0.159. The Bertz CT molecular complexity index is 1410. The van der Waals surface area contributed by atoms with Gasteiger partial charge in [-0.15, -0.1) is 0 Å². The number of nitrogens with one attached hydrogen (secondary N) is 1. The topological polar surface area (TPSA) is 165 Å². The van der Waals surface area contributed by atoms with Gasteiger partial charge in [-0.1, -0.05) is 30.3 Å². The highest BCUT2D eigenvalue weighted by atomic mass is 32.2. The molecule has 32 heavy (non-hydrogen) atoms. The van der Waals surface area contributed by atoms with Crippen LogP contribution in [0.2, 0.25) is 0 Å². The van der Waals surface area contributed by atoms with E-state index in [0.717, 1.165) is 10.8 Å². The van der Waals surface area contributed by atoms with Crippen molar-refractivity contribution in [3.8, 4) is 0 Å². The van der Waals surface area contributed by atoms with E-state index in [2.05, 4.69) is 19.7 Å². The Morgan fingerprint density at radius 1 is 1.06 bits per heavy atom. The van der Waals surface area contributed by atoms with E-state index in [9.17, 15) is 18.6 Å². The van der Waals surface area contributed by atoms with Gasteiger partial charge in [-0.05, 0) is 22.9 Å². The lowest BCUT2D eigenvalue weighted by Crippen LogP contribution is -2.39. The first-order chi connectivity index (χ1) is 15.3. The Balaban J connectivity index is 1.34. The van der Waals surface area contributed by atoms with Gasteiger partial charge in [0.15, 0.2) is 17.7 Å². The van der Waals surface area contributed by atoms with Crippen LogP contribution in [0.25, 0.3) is 21.9 Å².